The van der Waals surface area contributed by atoms with Gasteiger partial charge < -0.3 is 15.3 Å². The third-order valence-corrected chi connectivity index (χ3v) is 4.55. The van der Waals surface area contributed by atoms with Crippen LogP contribution in [0.1, 0.15) is 22.8 Å². The topological polar surface area (TPSA) is 98.3 Å². The first-order valence-corrected chi connectivity index (χ1v) is 7.63. The Labute approximate surface area is 133 Å². The van der Waals surface area contributed by atoms with Gasteiger partial charge in [0.25, 0.3) is 5.91 Å². The van der Waals surface area contributed by atoms with Gasteiger partial charge in [0.2, 0.25) is 5.91 Å². The van der Waals surface area contributed by atoms with Gasteiger partial charge in [0, 0.05) is 24.0 Å². The normalized spacial score (nSPS) is 20.9. The number of aromatic nitrogens is 2. The lowest BCUT2D eigenvalue weighted by Crippen LogP contribution is -2.41. The van der Waals surface area contributed by atoms with Crippen LogP contribution in [0, 0.1) is 12.8 Å². The number of hydrogen-bond acceptors (Lipinski definition) is 4. The molecule has 1 saturated heterocycles. The quantitative estimate of drug-likeness (QED) is 0.765. The third kappa shape index (κ3) is 2.79. The lowest BCUT2D eigenvalue weighted by molar-refractivity contribution is -0.133. The molecule has 0 unspecified atom stereocenters. The number of likely N-dealkylation sites (tertiary alicyclic amines) is 1. The van der Waals surface area contributed by atoms with Crippen molar-refractivity contribution in [1.29, 1.82) is 0 Å². The summed E-state index contributed by atoms with van der Waals surface area (Å²) in [5.74, 6) is -0.308. The third-order valence-electron chi connectivity index (χ3n) is 4.55. The molecule has 7 heteroatoms. The van der Waals surface area contributed by atoms with Crippen LogP contribution in [0.3, 0.4) is 0 Å². The van der Waals surface area contributed by atoms with Crippen molar-refractivity contribution >= 4 is 22.7 Å². The molecule has 7 nitrogen and oxygen atoms in total. The van der Waals surface area contributed by atoms with Gasteiger partial charge in [-0.05, 0) is 30.5 Å². The van der Waals surface area contributed by atoms with Gasteiger partial charge in [-0.2, -0.15) is 5.10 Å². The molecule has 3 N–H and O–H groups in total. The fourth-order valence-electron chi connectivity index (χ4n) is 3.11. The number of H-pyrrole nitrogens is 1. The van der Waals surface area contributed by atoms with Crippen molar-refractivity contribution in [2.45, 2.75) is 19.9 Å². The molecule has 122 valence electrons. The number of fused-ring (bicyclic) bond motifs is 1. The molecule has 1 aromatic heterocycles. The summed E-state index contributed by atoms with van der Waals surface area (Å²) in [6, 6.07) is 3.50. The second-order valence-corrected chi connectivity index (χ2v) is 6.08. The van der Waals surface area contributed by atoms with E-state index >= 15 is 0 Å². The molecule has 2 atom stereocenters. The average Bonchev–Trinajstić information content (AvgIpc) is 3.14. The van der Waals surface area contributed by atoms with Crippen molar-refractivity contribution in [3.63, 3.8) is 0 Å². The molecule has 1 fully saturated rings. The first kappa shape index (κ1) is 15.5. The highest BCUT2D eigenvalue weighted by Crippen LogP contribution is 2.21. The molecule has 0 aliphatic carbocycles. The molecule has 1 aromatic carbocycles. The Morgan fingerprint density at radius 3 is 2.96 bits per heavy atom. The number of nitrogens with zero attached hydrogens (tertiary/aromatic N) is 2. The minimum atomic E-state index is -0.496. The number of amides is 2. The van der Waals surface area contributed by atoms with Crippen molar-refractivity contribution in [2.75, 3.05) is 19.7 Å². The Morgan fingerprint density at radius 1 is 1.43 bits per heavy atom. The van der Waals surface area contributed by atoms with Crippen LogP contribution in [0.2, 0.25) is 0 Å². The lowest BCUT2D eigenvalue weighted by atomic mass is 10.0. The largest absolute Gasteiger partial charge is 0.387 e. The molecule has 23 heavy (non-hydrogen) atoms. The molecule has 1 aliphatic rings. The van der Waals surface area contributed by atoms with Crippen LogP contribution in [-0.4, -0.2) is 57.8 Å². The van der Waals surface area contributed by atoms with Crippen LogP contribution in [0.4, 0.5) is 0 Å². The summed E-state index contributed by atoms with van der Waals surface area (Å²) in [7, 11) is 0. The summed E-state index contributed by atoms with van der Waals surface area (Å²) in [6.45, 7) is 4.36. The van der Waals surface area contributed by atoms with E-state index in [2.05, 4.69) is 15.5 Å². The summed E-state index contributed by atoms with van der Waals surface area (Å²) in [5.41, 5.74) is 2.38. The number of carbonyl (C=O) groups is 2. The van der Waals surface area contributed by atoms with Crippen molar-refractivity contribution in [3.8, 4) is 0 Å². The number of aromatic amines is 1. The summed E-state index contributed by atoms with van der Waals surface area (Å²) in [4.78, 5) is 25.8. The van der Waals surface area contributed by atoms with E-state index in [1.54, 1.807) is 17.2 Å². The lowest BCUT2D eigenvalue weighted by Gasteiger charge is -2.17. The van der Waals surface area contributed by atoms with Gasteiger partial charge in [-0.25, -0.2) is 0 Å². The summed E-state index contributed by atoms with van der Waals surface area (Å²) < 4.78 is 0. The van der Waals surface area contributed by atoms with Crippen LogP contribution in [0.5, 0.6) is 0 Å². The molecule has 3 rings (SSSR count). The second-order valence-electron chi connectivity index (χ2n) is 6.08. The number of aryl methyl sites for hydroxylation is 1. The summed E-state index contributed by atoms with van der Waals surface area (Å²) in [5, 5.41) is 19.8. The molecule has 2 aromatic rings. The van der Waals surface area contributed by atoms with E-state index in [9.17, 15) is 9.59 Å². The highest BCUT2D eigenvalue weighted by molar-refractivity contribution is 6.00. The molecular formula is C16H20N4O3. The Hall–Kier alpha value is -2.41. The van der Waals surface area contributed by atoms with Crippen LogP contribution in [0.25, 0.3) is 10.9 Å². The first-order valence-electron chi connectivity index (χ1n) is 7.63. The van der Waals surface area contributed by atoms with Crippen LogP contribution in [-0.2, 0) is 4.79 Å². The maximum Gasteiger partial charge on any atom is 0.251 e. The Bertz CT molecular complexity index is 755. The minimum absolute atomic E-state index is 0.113. The number of benzene rings is 1. The van der Waals surface area contributed by atoms with Crippen molar-refractivity contribution in [1.82, 2.24) is 20.4 Å². The van der Waals surface area contributed by atoms with E-state index in [-0.39, 0.29) is 23.8 Å². The molecule has 1 aliphatic heterocycles. The van der Waals surface area contributed by atoms with Gasteiger partial charge in [0.1, 0.15) is 6.61 Å². The zero-order valence-corrected chi connectivity index (χ0v) is 13.2. The molecule has 0 spiro atoms. The van der Waals surface area contributed by atoms with Crippen molar-refractivity contribution in [2.24, 2.45) is 5.92 Å². The number of carbonyl (C=O) groups excluding carboxylic acids is 2. The molecule has 2 amide bonds. The van der Waals surface area contributed by atoms with E-state index in [4.69, 9.17) is 5.11 Å². The van der Waals surface area contributed by atoms with Gasteiger partial charge in [-0.15, -0.1) is 0 Å². The number of aliphatic hydroxyl groups excluding tert-OH is 1. The first-order chi connectivity index (χ1) is 11.0. The van der Waals surface area contributed by atoms with Crippen molar-refractivity contribution < 1.29 is 14.7 Å². The Morgan fingerprint density at radius 2 is 2.22 bits per heavy atom. The SMILES string of the molecule is Cc1c(C(=O)N[C@@H]2CN(C(=O)CO)C[C@@H]2C)ccc2[nH]ncc12. The predicted octanol–water partition coefficient (Wildman–Crippen LogP) is 0.440. The van der Waals surface area contributed by atoms with E-state index in [0.717, 1.165) is 16.5 Å². The zero-order valence-electron chi connectivity index (χ0n) is 13.2. The van der Waals surface area contributed by atoms with Gasteiger partial charge in [-0.3, -0.25) is 14.7 Å². The molecule has 2 heterocycles. The standard InChI is InChI=1S/C16H20N4O3/c1-9-6-20(15(22)8-21)7-14(9)18-16(23)11-3-4-13-12(10(11)2)5-17-19-13/h3-5,9,14,21H,6-8H2,1-2H3,(H,17,19)(H,18,23)/t9-,14+/m0/s1. The average molecular weight is 316 g/mol. The van der Waals surface area contributed by atoms with Gasteiger partial charge in [0.15, 0.2) is 0 Å². The smallest absolute Gasteiger partial charge is 0.251 e. The van der Waals surface area contributed by atoms with Gasteiger partial charge in [-0.1, -0.05) is 6.92 Å². The molecule has 0 saturated carbocycles. The molecule has 0 radical (unpaired) electrons. The van der Waals surface area contributed by atoms with Gasteiger partial charge in [0.05, 0.1) is 17.8 Å². The highest BCUT2D eigenvalue weighted by Gasteiger charge is 2.33. The van der Waals surface area contributed by atoms with Crippen molar-refractivity contribution in [3.05, 3.63) is 29.5 Å². The minimum Gasteiger partial charge on any atom is -0.387 e. The number of rotatable bonds is 3. The Balaban J connectivity index is 1.76. The van der Waals surface area contributed by atoms with Crippen LogP contribution >= 0.6 is 0 Å². The number of nitrogens with one attached hydrogen (secondary N) is 2. The maximum absolute atomic E-state index is 12.6. The highest BCUT2D eigenvalue weighted by atomic mass is 16.3. The molecular weight excluding hydrogens is 296 g/mol. The number of aliphatic hydroxyl groups is 1. The van der Waals surface area contributed by atoms with E-state index in [0.29, 0.717) is 18.7 Å². The van der Waals surface area contributed by atoms with E-state index in [1.807, 2.05) is 19.9 Å². The van der Waals surface area contributed by atoms with Crippen LogP contribution in [0.15, 0.2) is 18.3 Å². The maximum atomic E-state index is 12.6. The Kier molecular flexibility index (Phi) is 4.04. The second kappa shape index (κ2) is 6.00. The van der Waals surface area contributed by atoms with E-state index < -0.39 is 6.61 Å². The monoisotopic (exact) mass is 316 g/mol. The van der Waals surface area contributed by atoms with Gasteiger partial charge >= 0.3 is 0 Å². The fourth-order valence-corrected chi connectivity index (χ4v) is 3.11. The zero-order chi connectivity index (χ0) is 16.6. The fraction of sp³-hybridized carbons (Fsp3) is 0.438. The summed E-state index contributed by atoms with van der Waals surface area (Å²) >= 11 is 0. The van der Waals surface area contributed by atoms with Crippen LogP contribution < -0.4 is 5.32 Å². The van der Waals surface area contributed by atoms with E-state index in [1.165, 1.54) is 0 Å². The summed E-state index contributed by atoms with van der Waals surface area (Å²) in [6.07, 6.45) is 1.71. The molecule has 0 bridgehead atoms. The number of hydrogen-bond donors (Lipinski definition) is 3. The predicted molar refractivity (Wildman–Crippen MR) is 84.9 cm³/mol.